The van der Waals surface area contributed by atoms with Crippen molar-refractivity contribution >= 4 is 5.91 Å². The van der Waals surface area contributed by atoms with Gasteiger partial charge in [0.2, 0.25) is 5.91 Å². The minimum atomic E-state index is -0.0424. The van der Waals surface area contributed by atoms with E-state index in [4.69, 9.17) is 4.74 Å². The molecule has 0 atom stereocenters. The summed E-state index contributed by atoms with van der Waals surface area (Å²) in [5.74, 6) is 2.36. The summed E-state index contributed by atoms with van der Waals surface area (Å²) in [6.07, 6.45) is 9.68. The van der Waals surface area contributed by atoms with E-state index < -0.39 is 0 Å². The maximum absolute atomic E-state index is 13.0. The van der Waals surface area contributed by atoms with Gasteiger partial charge in [0.1, 0.15) is 0 Å². The van der Waals surface area contributed by atoms with Crippen LogP contribution in [0.5, 0.6) is 0 Å². The van der Waals surface area contributed by atoms with Gasteiger partial charge in [-0.05, 0) is 102 Å². The number of rotatable bonds is 6. The predicted molar refractivity (Wildman–Crippen MR) is 125 cm³/mol. The maximum Gasteiger partial charge on any atom is 0.225 e. The first-order chi connectivity index (χ1) is 14.0. The number of carbonyl (C=O) groups is 1. The summed E-state index contributed by atoms with van der Waals surface area (Å²) in [4.78, 5) is 17.8. The molecule has 0 aromatic rings. The molecule has 1 saturated carbocycles. The minimum Gasteiger partial charge on any atom is -0.376 e. The van der Waals surface area contributed by atoms with Crippen LogP contribution in [0.3, 0.4) is 0 Å². The normalized spacial score (nSPS) is 27.9. The van der Waals surface area contributed by atoms with E-state index in [1.54, 1.807) is 0 Å². The summed E-state index contributed by atoms with van der Waals surface area (Å²) in [5.41, 5.74) is 0.410. The topological polar surface area (TPSA) is 32.8 Å². The van der Waals surface area contributed by atoms with Gasteiger partial charge >= 0.3 is 0 Å². The molecule has 0 aromatic heterocycles. The lowest BCUT2D eigenvalue weighted by Gasteiger charge is -2.47. The summed E-state index contributed by atoms with van der Waals surface area (Å²) >= 11 is 0. The first-order valence-corrected chi connectivity index (χ1v) is 12.7. The largest absolute Gasteiger partial charge is 0.376 e. The molecule has 0 N–H and O–H groups in total. The highest BCUT2D eigenvalue weighted by atomic mass is 16.5. The Kier molecular flexibility index (Phi) is 7.93. The lowest BCUT2D eigenvalue weighted by Crippen LogP contribution is -2.53. The number of hydrogen-bond acceptors (Lipinski definition) is 3. The second-order valence-electron chi connectivity index (χ2n) is 12.6. The van der Waals surface area contributed by atoms with Gasteiger partial charge < -0.3 is 14.5 Å². The van der Waals surface area contributed by atoms with Gasteiger partial charge in [-0.1, -0.05) is 20.8 Å². The number of carbonyl (C=O) groups excluding carboxylic acids is 1. The molecule has 3 rings (SSSR count). The van der Waals surface area contributed by atoms with Crippen molar-refractivity contribution in [3.8, 4) is 0 Å². The third-order valence-electron chi connectivity index (χ3n) is 7.52. The van der Waals surface area contributed by atoms with Gasteiger partial charge in [0, 0.05) is 31.7 Å². The number of nitrogens with zero attached hydrogens (tertiary/aromatic N) is 2. The zero-order valence-electron chi connectivity index (χ0n) is 20.7. The quantitative estimate of drug-likeness (QED) is 0.580. The van der Waals surface area contributed by atoms with E-state index in [-0.39, 0.29) is 5.60 Å². The van der Waals surface area contributed by atoms with E-state index in [2.05, 4.69) is 51.3 Å². The van der Waals surface area contributed by atoms with Crippen molar-refractivity contribution in [3.63, 3.8) is 0 Å². The Bertz CT molecular complexity index is 540. The van der Waals surface area contributed by atoms with Crippen LogP contribution in [0.4, 0.5) is 0 Å². The van der Waals surface area contributed by atoms with Crippen molar-refractivity contribution in [2.24, 2.45) is 23.2 Å². The predicted octanol–water partition coefficient (Wildman–Crippen LogP) is 5.36. The highest BCUT2D eigenvalue weighted by Crippen LogP contribution is 2.38. The Morgan fingerprint density at radius 2 is 1.43 bits per heavy atom. The van der Waals surface area contributed by atoms with Gasteiger partial charge in [-0.3, -0.25) is 4.79 Å². The minimum absolute atomic E-state index is 0.0424. The van der Waals surface area contributed by atoms with Crippen LogP contribution < -0.4 is 0 Å². The molecular formula is C26H48N2O2. The number of hydrogen-bond donors (Lipinski definition) is 0. The Morgan fingerprint density at radius 3 is 1.97 bits per heavy atom. The molecule has 1 aliphatic carbocycles. The van der Waals surface area contributed by atoms with Gasteiger partial charge in [0.15, 0.2) is 0 Å². The van der Waals surface area contributed by atoms with Crippen LogP contribution in [0.2, 0.25) is 0 Å². The van der Waals surface area contributed by atoms with Gasteiger partial charge in [0.25, 0.3) is 0 Å². The number of piperidine rings is 2. The molecule has 4 nitrogen and oxygen atoms in total. The van der Waals surface area contributed by atoms with Crippen LogP contribution in [-0.2, 0) is 9.53 Å². The highest BCUT2D eigenvalue weighted by Gasteiger charge is 2.41. The fourth-order valence-electron chi connectivity index (χ4n) is 5.71. The smallest absolute Gasteiger partial charge is 0.225 e. The van der Waals surface area contributed by atoms with Crippen molar-refractivity contribution in [2.75, 3.05) is 32.8 Å². The van der Waals surface area contributed by atoms with Crippen LogP contribution >= 0.6 is 0 Å². The van der Waals surface area contributed by atoms with Crippen LogP contribution in [0, 0.1) is 23.2 Å². The molecular weight excluding hydrogens is 372 g/mol. The summed E-state index contributed by atoms with van der Waals surface area (Å²) in [5, 5.41) is 0. The first kappa shape index (κ1) is 24.0. The van der Waals surface area contributed by atoms with E-state index in [1.807, 2.05) is 0 Å². The van der Waals surface area contributed by atoms with Crippen molar-refractivity contribution in [2.45, 2.75) is 105 Å². The van der Waals surface area contributed by atoms with Crippen LogP contribution in [0.15, 0.2) is 0 Å². The fourth-order valence-corrected chi connectivity index (χ4v) is 5.71. The van der Waals surface area contributed by atoms with Crippen LogP contribution in [0.25, 0.3) is 0 Å². The maximum atomic E-state index is 13.0. The summed E-state index contributed by atoms with van der Waals surface area (Å²) in [6, 6.07) is 0.668. The zero-order chi connectivity index (χ0) is 21.9. The Hall–Kier alpha value is -0.610. The third-order valence-corrected chi connectivity index (χ3v) is 7.52. The van der Waals surface area contributed by atoms with Crippen molar-refractivity contribution in [1.29, 1.82) is 0 Å². The molecule has 2 aliphatic heterocycles. The van der Waals surface area contributed by atoms with Crippen molar-refractivity contribution < 1.29 is 9.53 Å². The Morgan fingerprint density at radius 1 is 0.867 bits per heavy atom. The standard InChI is InChI=1S/C26H48N2O2/c1-25(2,3)19-21-9-12-27(13-10-21)23-17-22(18-23)24(29)28-14-7-20(8-15-28)11-16-30-26(4,5)6/h20-23H,7-19H2,1-6H3. The van der Waals surface area contributed by atoms with E-state index >= 15 is 0 Å². The second-order valence-corrected chi connectivity index (χ2v) is 12.6. The van der Waals surface area contributed by atoms with E-state index in [9.17, 15) is 4.79 Å². The SMILES string of the molecule is CC(C)(C)CC1CCN(C2CC(C(=O)N3CCC(CCOC(C)(C)C)CC3)C2)CC1. The van der Waals surface area contributed by atoms with Crippen LogP contribution in [-0.4, -0.2) is 60.1 Å². The average Bonchev–Trinajstić information content (AvgIpc) is 2.60. The summed E-state index contributed by atoms with van der Waals surface area (Å²) in [7, 11) is 0. The summed E-state index contributed by atoms with van der Waals surface area (Å²) < 4.78 is 5.89. The summed E-state index contributed by atoms with van der Waals surface area (Å²) in [6.45, 7) is 18.7. The van der Waals surface area contributed by atoms with Crippen molar-refractivity contribution in [1.82, 2.24) is 9.80 Å². The molecule has 4 heteroatoms. The molecule has 1 amide bonds. The lowest BCUT2D eigenvalue weighted by atomic mass is 9.75. The molecule has 0 aromatic carbocycles. The Labute approximate surface area is 186 Å². The monoisotopic (exact) mass is 420 g/mol. The molecule has 0 radical (unpaired) electrons. The van der Waals surface area contributed by atoms with E-state index in [1.165, 1.54) is 32.4 Å². The van der Waals surface area contributed by atoms with Crippen molar-refractivity contribution in [3.05, 3.63) is 0 Å². The molecule has 2 saturated heterocycles. The van der Waals surface area contributed by atoms with Gasteiger partial charge in [0.05, 0.1) is 5.60 Å². The molecule has 2 heterocycles. The average molecular weight is 421 g/mol. The van der Waals surface area contributed by atoms with E-state index in [0.717, 1.165) is 63.6 Å². The first-order valence-electron chi connectivity index (χ1n) is 12.7. The second kappa shape index (κ2) is 9.90. The van der Waals surface area contributed by atoms with Gasteiger partial charge in [-0.25, -0.2) is 0 Å². The fraction of sp³-hybridized carbons (Fsp3) is 0.962. The van der Waals surface area contributed by atoms with E-state index in [0.29, 0.717) is 23.3 Å². The molecule has 30 heavy (non-hydrogen) atoms. The molecule has 3 aliphatic rings. The third kappa shape index (κ3) is 7.22. The van der Waals surface area contributed by atoms with Gasteiger partial charge in [-0.15, -0.1) is 0 Å². The van der Waals surface area contributed by atoms with Crippen LogP contribution in [0.1, 0.15) is 92.9 Å². The lowest BCUT2D eigenvalue weighted by molar-refractivity contribution is -0.142. The number of likely N-dealkylation sites (tertiary alicyclic amines) is 2. The van der Waals surface area contributed by atoms with Gasteiger partial charge in [-0.2, -0.15) is 0 Å². The molecule has 0 unspecified atom stereocenters. The molecule has 3 fully saturated rings. The molecule has 0 spiro atoms. The number of amides is 1. The number of ether oxygens (including phenoxy) is 1. The Balaban J connectivity index is 1.31. The highest BCUT2D eigenvalue weighted by molar-refractivity contribution is 5.80. The molecule has 0 bridgehead atoms. The zero-order valence-corrected chi connectivity index (χ0v) is 20.7. The molecule has 174 valence electrons.